The maximum atomic E-state index is 12.8. The van der Waals surface area contributed by atoms with Crippen molar-refractivity contribution in [2.75, 3.05) is 7.11 Å². The van der Waals surface area contributed by atoms with Gasteiger partial charge in [0.25, 0.3) is 5.91 Å². The molecule has 1 N–H and O–H groups in total. The van der Waals surface area contributed by atoms with Crippen molar-refractivity contribution in [1.82, 2.24) is 5.32 Å². The van der Waals surface area contributed by atoms with E-state index in [1.165, 1.54) is 13.2 Å². The van der Waals surface area contributed by atoms with Crippen LogP contribution in [0.5, 0.6) is 0 Å². The van der Waals surface area contributed by atoms with E-state index in [2.05, 4.69) is 10.1 Å². The smallest absolute Gasteiger partial charge is 0.416 e. The predicted molar refractivity (Wildman–Crippen MR) is 89.6 cm³/mol. The van der Waals surface area contributed by atoms with Gasteiger partial charge in [0.2, 0.25) is 0 Å². The van der Waals surface area contributed by atoms with Crippen LogP contribution in [0.3, 0.4) is 0 Å². The number of rotatable bonds is 5. The number of hydrogen-bond acceptors (Lipinski definition) is 3. The largest absolute Gasteiger partial charge is 0.467 e. The maximum absolute atomic E-state index is 12.8. The minimum Gasteiger partial charge on any atom is -0.467 e. The molecule has 0 spiro atoms. The first-order valence-electron chi connectivity index (χ1n) is 7.82. The summed E-state index contributed by atoms with van der Waals surface area (Å²) in [5.74, 6) is -1.45. The van der Waals surface area contributed by atoms with Crippen LogP contribution in [0.4, 0.5) is 13.2 Å². The Bertz CT molecular complexity index is 785. The first-order chi connectivity index (χ1) is 12.2. The van der Waals surface area contributed by atoms with Gasteiger partial charge in [-0.15, -0.1) is 0 Å². The van der Waals surface area contributed by atoms with E-state index in [1.54, 1.807) is 0 Å². The molecule has 0 aliphatic carbocycles. The lowest BCUT2D eigenvalue weighted by Gasteiger charge is -2.17. The molecule has 2 aromatic rings. The van der Waals surface area contributed by atoms with Gasteiger partial charge in [-0.3, -0.25) is 4.79 Å². The van der Waals surface area contributed by atoms with Crippen LogP contribution in [0.15, 0.2) is 48.5 Å². The lowest BCUT2D eigenvalue weighted by molar-refractivity contribution is -0.143. The number of amides is 1. The average Bonchev–Trinajstić information content (AvgIpc) is 2.61. The summed E-state index contributed by atoms with van der Waals surface area (Å²) in [4.78, 5) is 24.3. The summed E-state index contributed by atoms with van der Waals surface area (Å²) >= 11 is 0. The van der Waals surface area contributed by atoms with E-state index in [4.69, 9.17) is 0 Å². The molecule has 1 atom stereocenters. The van der Waals surface area contributed by atoms with E-state index in [1.807, 2.05) is 31.2 Å². The molecule has 4 nitrogen and oxygen atoms in total. The molecular weight excluding hydrogens is 347 g/mol. The van der Waals surface area contributed by atoms with E-state index >= 15 is 0 Å². The molecule has 0 aliphatic heterocycles. The van der Waals surface area contributed by atoms with Crippen LogP contribution >= 0.6 is 0 Å². The predicted octanol–water partition coefficient (Wildman–Crippen LogP) is 3.53. The molecule has 0 unspecified atom stereocenters. The highest BCUT2D eigenvalue weighted by molar-refractivity contribution is 5.97. The van der Waals surface area contributed by atoms with Crippen molar-refractivity contribution in [1.29, 1.82) is 0 Å². The van der Waals surface area contributed by atoms with Gasteiger partial charge in [-0.05, 0) is 30.7 Å². The zero-order chi connectivity index (χ0) is 19.3. The van der Waals surface area contributed by atoms with Crippen LogP contribution in [0.1, 0.15) is 27.0 Å². The third-order valence-electron chi connectivity index (χ3n) is 3.80. The third-order valence-corrected chi connectivity index (χ3v) is 3.80. The number of benzene rings is 2. The maximum Gasteiger partial charge on any atom is 0.416 e. The van der Waals surface area contributed by atoms with E-state index in [0.717, 1.165) is 29.3 Å². The van der Waals surface area contributed by atoms with Crippen molar-refractivity contribution in [3.8, 4) is 0 Å². The van der Waals surface area contributed by atoms with Gasteiger partial charge < -0.3 is 10.1 Å². The van der Waals surface area contributed by atoms with Crippen LogP contribution in [0, 0.1) is 6.92 Å². The summed E-state index contributed by atoms with van der Waals surface area (Å²) in [7, 11) is 1.18. The summed E-state index contributed by atoms with van der Waals surface area (Å²) < 4.78 is 43.1. The summed E-state index contributed by atoms with van der Waals surface area (Å²) in [6.45, 7) is 1.91. The molecule has 0 saturated heterocycles. The van der Waals surface area contributed by atoms with Crippen molar-refractivity contribution in [3.63, 3.8) is 0 Å². The summed E-state index contributed by atoms with van der Waals surface area (Å²) in [6.07, 6.45) is -4.39. The third kappa shape index (κ3) is 5.08. The Morgan fingerprint density at radius 1 is 1.12 bits per heavy atom. The Morgan fingerprint density at radius 2 is 1.77 bits per heavy atom. The van der Waals surface area contributed by atoms with Crippen LogP contribution in [-0.2, 0) is 22.1 Å². The lowest BCUT2D eigenvalue weighted by Crippen LogP contribution is -2.43. The number of esters is 1. The van der Waals surface area contributed by atoms with Crippen molar-refractivity contribution in [3.05, 3.63) is 70.8 Å². The molecule has 0 aromatic heterocycles. The molecule has 26 heavy (non-hydrogen) atoms. The van der Waals surface area contributed by atoms with E-state index in [0.29, 0.717) is 0 Å². The molecule has 2 rings (SSSR count). The van der Waals surface area contributed by atoms with Gasteiger partial charge in [0.05, 0.1) is 12.7 Å². The highest BCUT2D eigenvalue weighted by Gasteiger charge is 2.31. The number of aryl methyl sites for hydroxylation is 1. The highest BCUT2D eigenvalue weighted by Crippen LogP contribution is 2.29. The number of hydrogen-bond donors (Lipinski definition) is 1. The zero-order valence-corrected chi connectivity index (χ0v) is 14.3. The van der Waals surface area contributed by atoms with Crippen LogP contribution in [0.2, 0.25) is 0 Å². The Hall–Kier alpha value is -2.83. The Labute approximate surface area is 149 Å². The second-order valence-corrected chi connectivity index (χ2v) is 5.82. The van der Waals surface area contributed by atoms with Gasteiger partial charge in [-0.2, -0.15) is 13.2 Å². The quantitative estimate of drug-likeness (QED) is 0.825. The molecule has 7 heteroatoms. The summed E-state index contributed by atoms with van der Waals surface area (Å²) in [6, 6.07) is 10.3. The molecule has 1 amide bonds. The Morgan fingerprint density at radius 3 is 2.35 bits per heavy atom. The normalized spacial score (nSPS) is 12.3. The number of carbonyl (C=O) groups excluding carboxylic acids is 2. The van der Waals surface area contributed by atoms with Crippen LogP contribution in [0.25, 0.3) is 0 Å². The van der Waals surface area contributed by atoms with E-state index in [-0.39, 0.29) is 12.0 Å². The molecule has 138 valence electrons. The first-order valence-corrected chi connectivity index (χ1v) is 7.82. The SMILES string of the molecule is COC(=O)[C@H](Cc1ccc(C)cc1)NC(=O)c1cccc(C(F)(F)F)c1. The van der Waals surface area contributed by atoms with Gasteiger partial charge in [0, 0.05) is 12.0 Å². The molecule has 0 heterocycles. The fraction of sp³-hybridized carbons (Fsp3) is 0.263. The van der Waals surface area contributed by atoms with Gasteiger partial charge in [0.15, 0.2) is 0 Å². The van der Waals surface area contributed by atoms with Gasteiger partial charge in [-0.1, -0.05) is 35.9 Å². The summed E-state index contributed by atoms with van der Waals surface area (Å²) in [5, 5.41) is 2.44. The number of methoxy groups -OCH3 is 1. The minimum atomic E-state index is -4.56. The lowest BCUT2D eigenvalue weighted by atomic mass is 10.0. The molecule has 0 fully saturated rings. The molecule has 0 bridgehead atoms. The van der Waals surface area contributed by atoms with Crippen molar-refractivity contribution in [2.24, 2.45) is 0 Å². The van der Waals surface area contributed by atoms with E-state index < -0.39 is 29.7 Å². The molecule has 0 aliphatic rings. The number of nitrogens with one attached hydrogen (secondary N) is 1. The molecule has 0 radical (unpaired) electrons. The van der Waals surface area contributed by atoms with Gasteiger partial charge >= 0.3 is 12.1 Å². The number of alkyl halides is 3. The highest BCUT2D eigenvalue weighted by atomic mass is 19.4. The minimum absolute atomic E-state index is 0.164. The standard InChI is InChI=1S/C19H18F3NO3/c1-12-6-8-13(9-7-12)10-16(18(25)26-2)23-17(24)14-4-3-5-15(11-14)19(20,21)22/h3-9,11,16H,10H2,1-2H3,(H,23,24)/t16-/m0/s1. The fourth-order valence-electron chi connectivity index (χ4n) is 2.37. The van der Waals surface area contributed by atoms with Crippen LogP contribution in [-0.4, -0.2) is 25.0 Å². The van der Waals surface area contributed by atoms with Gasteiger partial charge in [0.1, 0.15) is 6.04 Å². The number of halogens is 3. The van der Waals surface area contributed by atoms with Crippen molar-refractivity contribution >= 4 is 11.9 Å². The summed E-state index contributed by atoms with van der Waals surface area (Å²) in [5.41, 5.74) is 0.711. The molecule has 0 saturated carbocycles. The Balaban J connectivity index is 2.18. The van der Waals surface area contributed by atoms with E-state index in [9.17, 15) is 22.8 Å². The van der Waals surface area contributed by atoms with Gasteiger partial charge in [-0.25, -0.2) is 4.79 Å². The van der Waals surface area contributed by atoms with Crippen LogP contribution < -0.4 is 5.32 Å². The Kier molecular flexibility index (Phi) is 6.02. The average molecular weight is 365 g/mol. The van der Waals surface area contributed by atoms with Crippen molar-refractivity contribution in [2.45, 2.75) is 25.6 Å². The number of carbonyl (C=O) groups is 2. The first kappa shape index (κ1) is 19.5. The topological polar surface area (TPSA) is 55.4 Å². The molecule has 2 aromatic carbocycles. The van der Waals surface area contributed by atoms with Crippen molar-refractivity contribution < 1.29 is 27.5 Å². The zero-order valence-electron chi connectivity index (χ0n) is 14.3. The number of ether oxygens (including phenoxy) is 1. The molecular formula is C19H18F3NO3. The fourth-order valence-corrected chi connectivity index (χ4v) is 2.37. The second kappa shape index (κ2) is 8.03. The monoisotopic (exact) mass is 365 g/mol. The second-order valence-electron chi connectivity index (χ2n) is 5.82.